The lowest BCUT2D eigenvalue weighted by Crippen LogP contribution is -2.40. The number of rotatable bonds is 8. The molecule has 0 saturated heterocycles. The van der Waals surface area contributed by atoms with Crippen LogP contribution in [-0.2, 0) is 19.6 Å². The van der Waals surface area contributed by atoms with Gasteiger partial charge in [-0.1, -0.05) is 32.8 Å². The number of aromatic nitrogens is 4. The Kier molecular flexibility index (Phi) is 5.74. The molecular weight excluding hydrogens is 306 g/mol. The van der Waals surface area contributed by atoms with Crippen LogP contribution in [0.4, 0.5) is 0 Å². The van der Waals surface area contributed by atoms with Crippen LogP contribution in [0.3, 0.4) is 0 Å². The third kappa shape index (κ3) is 3.04. The van der Waals surface area contributed by atoms with Crippen LogP contribution in [0.25, 0.3) is 11.2 Å². The number of hydrogen-bond acceptors (Lipinski definition) is 4. The summed E-state index contributed by atoms with van der Waals surface area (Å²) in [6, 6.07) is 2.00. The van der Waals surface area contributed by atoms with Crippen LogP contribution in [0.1, 0.15) is 45.4 Å². The molecule has 0 N–H and O–H groups in total. The predicted molar refractivity (Wildman–Crippen MR) is 93.0 cm³/mol. The molecule has 128 valence electrons. The lowest BCUT2D eigenvalue weighted by Gasteiger charge is -2.11. The van der Waals surface area contributed by atoms with Gasteiger partial charge >= 0.3 is 5.69 Å². The van der Waals surface area contributed by atoms with Crippen LogP contribution in [0, 0.1) is 11.3 Å². The van der Waals surface area contributed by atoms with E-state index in [9.17, 15) is 14.9 Å². The summed E-state index contributed by atoms with van der Waals surface area (Å²) in [5.74, 6) is 0.125. The lowest BCUT2D eigenvalue weighted by atomic mass is 10.3. The summed E-state index contributed by atoms with van der Waals surface area (Å²) < 4.78 is 4.33. The minimum atomic E-state index is -0.382. The van der Waals surface area contributed by atoms with Gasteiger partial charge in [-0.3, -0.25) is 13.9 Å². The van der Waals surface area contributed by atoms with Crippen LogP contribution < -0.4 is 11.2 Å². The van der Waals surface area contributed by atoms with Crippen molar-refractivity contribution in [1.82, 2.24) is 18.7 Å². The predicted octanol–water partition coefficient (Wildman–Crippen LogP) is 2.02. The van der Waals surface area contributed by atoms with Gasteiger partial charge in [-0.05, 0) is 12.8 Å². The second-order valence-corrected chi connectivity index (χ2v) is 5.72. The SMILES string of the molecule is C=CCn1c(C#N)nc2c1c(=O)n(CCCC)c(=O)n2CCCC. The van der Waals surface area contributed by atoms with Crippen LogP contribution in [0.2, 0.25) is 0 Å². The number of unbranched alkanes of at least 4 members (excludes halogenated alkanes) is 2. The Hall–Kier alpha value is -2.62. The second-order valence-electron chi connectivity index (χ2n) is 5.72. The molecular formula is C17H23N5O2. The molecule has 2 aromatic heterocycles. The van der Waals surface area contributed by atoms with Gasteiger partial charge in [0.2, 0.25) is 5.82 Å². The van der Waals surface area contributed by atoms with Crippen molar-refractivity contribution < 1.29 is 0 Å². The Morgan fingerprint density at radius 3 is 2.29 bits per heavy atom. The van der Waals surface area contributed by atoms with Crippen LogP contribution in [-0.4, -0.2) is 18.7 Å². The van der Waals surface area contributed by atoms with Crippen LogP contribution >= 0.6 is 0 Å². The highest BCUT2D eigenvalue weighted by Crippen LogP contribution is 2.12. The van der Waals surface area contributed by atoms with Crippen molar-refractivity contribution in [2.24, 2.45) is 0 Å². The highest BCUT2D eigenvalue weighted by molar-refractivity contribution is 5.72. The first kappa shape index (κ1) is 17.7. The molecule has 7 heteroatoms. The van der Waals surface area contributed by atoms with E-state index in [-0.39, 0.29) is 17.1 Å². The zero-order valence-electron chi connectivity index (χ0n) is 14.3. The molecule has 0 amide bonds. The molecule has 0 fully saturated rings. The van der Waals surface area contributed by atoms with Gasteiger partial charge < -0.3 is 4.57 Å². The molecule has 2 rings (SSSR count). The minimum Gasteiger partial charge on any atom is -0.306 e. The third-order valence-electron chi connectivity index (χ3n) is 4.00. The first-order valence-electron chi connectivity index (χ1n) is 8.35. The number of allylic oxidation sites excluding steroid dienone is 1. The molecule has 0 radical (unpaired) electrons. The van der Waals surface area contributed by atoms with Gasteiger partial charge in [0, 0.05) is 19.6 Å². The van der Waals surface area contributed by atoms with E-state index < -0.39 is 0 Å². The van der Waals surface area contributed by atoms with Crippen LogP contribution in [0.15, 0.2) is 22.2 Å². The Bertz CT molecular complexity index is 895. The Morgan fingerprint density at radius 1 is 1.12 bits per heavy atom. The molecule has 7 nitrogen and oxygen atoms in total. The largest absolute Gasteiger partial charge is 0.332 e. The van der Waals surface area contributed by atoms with Crippen molar-refractivity contribution >= 4 is 11.2 Å². The highest BCUT2D eigenvalue weighted by Gasteiger charge is 2.20. The molecule has 0 saturated carbocycles. The maximum Gasteiger partial charge on any atom is 0.332 e. The smallest absolute Gasteiger partial charge is 0.306 e. The molecule has 0 atom stereocenters. The zero-order chi connectivity index (χ0) is 17.7. The maximum absolute atomic E-state index is 12.9. The van der Waals surface area contributed by atoms with E-state index in [0.717, 1.165) is 25.7 Å². The van der Waals surface area contributed by atoms with E-state index in [4.69, 9.17) is 0 Å². The summed E-state index contributed by atoms with van der Waals surface area (Å²) in [5.41, 5.74) is -0.128. The van der Waals surface area contributed by atoms with Crippen molar-refractivity contribution in [3.8, 4) is 6.07 Å². The van der Waals surface area contributed by atoms with Crippen molar-refractivity contribution in [3.63, 3.8) is 0 Å². The third-order valence-corrected chi connectivity index (χ3v) is 4.00. The lowest BCUT2D eigenvalue weighted by molar-refractivity contribution is 0.529. The number of nitriles is 1. The second kappa shape index (κ2) is 7.77. The zero-order valence-corrected chi connectivity index (χ0v) is 14.3. The summed E-state index contributed by atoms with van der Waals surface area (Å²) >= 11 is 0. The maximum atomic E-state index is 12.9. The first-order chi connectivity index (χ1) is 11.6. The van der Waals surface area contributed by atoms with Gasteiger partial charge in [0.1, 0.15) is 6.07 Å². The molecule has 24 heavy (non-hydrogen) atoms. The van der Waals surface area contributed by atoms with Gasteiger partial charge in [-0.2, -0.15) is 5.26 Å². The monoisotopic (exact) mass is 329 g/mol. The summed E-state index contributed by atoms with van der Waals surface area (Å²) in [5, 5.41) is 9.32. The van der Waals surface area contributed by atoms with E-state index in [0.29, 0.717) is 30.8 Å². The molecule has 0 aliphatic heterocycles. The molecule has 0 bridgehead atoms. The van der Waals surface area contributed by atoms with E-state index in [1.807, 2.05) is 19.9 Å². The summed E-state index contributed by atoms with van der Waals surface area (Å²) in [7, 11) is 0. The molecule has 0 unspecified atom stereocenters. The van der Waals surface area contributed by atoms with Crippen molar-refractivity contribution in [1.29, 1.82) is 5.26 Å². The fraction of sp³-hybridized carbons (Fsp3) is 0.529. The number of nitrogens with zero attached hydrogens (tertiary/aromatic N) is 5. The van der Waals surface area contributed by atoms with Crippen molar-refractivity contribution in [3.05, 3.63) is 39.3 Å². The number of imidazole rings is 1. The quantitative estimate of drug-likeness (QED) is 0.693. The summed E-state index contributed by atoms with van der Waals surface area (Å²) in [6.07, 6.45) is 4.96. The van der Waals surface area contributed by atoms with Gasteiger partial charge in [0.15, 0.2) is 11.2 Å². The normalized spacial score (nSPS) is 10.9. The average Bonchev–Trinajstić information content (AvgIpc) is 2.94. The Balaban J connectivity index is 2.86. The summed E-state index contributed by atoms with van der Waals surface area (Å²) in [4.78, 5) is 29.9. The molecule has 2 heterocycles. The van der Waals surface area contributed by atoms with Gasteiger partial charge in [-0.25, -0.2) is 9.78 Å². The number of aryl methyl sites for hydroxylation is 1. The molecule has 0 aliphatic carbocycles. The highest BCUT2D eigenvalue weighted by atomic mass is 16.2. The standard InChI is InChI=1S/C17H23N5O2/c1-4-7-10-21-15-14(20(9-6-3)13(12-18)19-15)16(23)22(17(21)24)11-8-5-2/h6H,3-5,7-11H2,1-2H3. The number of hydrogen-bond donors (Lipinski definition) is 0. The molecule has 0 spiro atoms. The van der Waals surface area contributed by atoms with Gasteiger partial charge in [0.05, 0.1) is 0 Å². The van der Waals surface area contributed by atoms with Crippen LogP contribution in [0.5, 0.6) is 0 Å². The fourth-order valence-corrected chi connectivity index (χ4v) is 2.71. The van der Waals surface area contributed by atoms with Gasteiger partial charge in [0.25, 0.3) is 5.56 Å². The number of fused-ring (bicyclic) bond motifs is 1. The Morgan fingerprint density at radius 2 is 1.75 bits per heavy atom. The van der Waals surface area contributed by atoms with Crippen molar-refractivity contribution in [2.75, 3.05) is 0 Å². The average molecular weight is 329 g/mol. The topological polar surface area (TPSA) is 85.6 Å². The van der Waals surface area contributed by atoms with E-state index in [1.165, 1.54) is 13.7 Å². The Labute approximate surface area is 140 Å². The molecule has 0 aromatic carbocycles. The fourth-order valence-electron chi connectivity index (χ4n) is 2.71. The van der Waals surface area contributed by atoms with E-state index in [1.54, 1.807) is 6.08 Å². The van der Waals surface area contributed by atoms with E-state index in [2.05, 4.69) is 11.6 Å². The van der Waals surface area contributed by atoms with Crippen molar-refractivity contribution in [2.45, 2.75) is 59.2 Å². The van der Waals surface area contributed by atoms with Gasteiger partial charge in [-0.15, -0.1) is 6.58 Å². The molecule has 2 aromatic rings. The first-order valence-corrected chi connectivity index (χ1v) is 8.35. The van der Waals surface area contributed by atoms with E-state index >= 15 is 0 Å². The summed E-state index contributed by atoms with van der Waals surface area (Å²) in [6.45, 7) is 8.87. The minimum absolute atomic E-state index is 0.125. The molecule has 0 aliphatic rings.